The van der Waals surface area contributed by atoms with E-state index < -0.39 is 0 Å². The predicted molar refractivity (Wildman–Crippen MR) is 88.6 cm³/mol. The third-order valence-electron chi connectivity index (χ3n) is 5.15. The van der Waals surface area contributed by atoms with Crippen molar-refractivity contribution < 1.29 is 4.79 Å². The number of amides is 1. The molecule has 4 rings (SSSR count). The second kappa shape index (κ2) is 6.27. The van der Waals surface area contributed by atoms with E-state index in [1.165, 1.54) is 42.5 Å². The number of halogens is 1. The van der Waals surface area contributed by atoms with E-state index in [1.807, 2.05) is 0 Å². The van der Waals surface area contributed by atoms with E-state index in [0.29, 0.717) is 12.0 Å². The summed E-state index contributed by atoms with van der Waals surface area (Å²) in [5, 5.41) is 3.56. The summed E-state index contributed by atoms with van der Waals surface area (Å²) in [4.78, 5) is 17.3. The SMILES string of the molecule is Cl.O=C(c1cc2c(s1)CCCC2)N1CCC2NCCC2C1. The Kier molecular flexibility index (Phi) is 4.57. The number of hydrogen-bond acceptors (Lipinski definition) is 3. The fourth-order valence-corrected chi connectivity index (χ4v) is 5.21. The second-order valence-corrected chi connectivity index (χ2v) is 7.55. The van der Waals surface area contributed by atoms with Gasteiger partial charge in [-0.2, -0.15) is 0 Å². The van der Waals surface area contributed by atoms with Crippen LogP contribution in [0.4, 0.5) is 0 Å². The monoisotopic (exact) mass is 326 g/mol. The van der Waals surface area contributed by atoms with Crippen LogP contribution in [0.15, 0.2) is 6.07 Å². The zero-order valence-electron chi connectivity index (χ0n) is 12.3. The van der Waals surface area contributed by atoms with Crippen LogP contribution in [-0.4, -0.2) is 36.5 Å². The van der Waals surface area contributed by atoms with Crippen molar-refractivity contribution >= 4 is 29.7 Å². The molecule has 1 N–H and O–H groups in total. The summed E-state index contributed by atoms with van der Waals surface area (Å²) < 4.78 is 0. The summed E-state index contributed by atoms with van der Waals surface area (Å²) >= 11 is 1.76. The van der Waals surface area contributed by atoms with Crippen LogP contribution in [0.5, 0.6) is 0 Å². The average Bonchev–Trinajstić information content (AvgIpc) is 3.11. The number of carbonyl (C=O) groups is 1. The standard InChI is InChI=1S/C16H22N2OS.ClH/c19-16(15-9-11-3-1-2-4-14(11)20-15)18-8-6-13-12(10-18)5-7-17-13;/h9,12-13,17H,1-8,10H2;1H. The normalized spacial score (nSPS) is 27.7. The summed E-state index contributed by atoms with van der Waals surface area (Å²) in [5.41, 5.74) is 1.45. The van der Waals surface area contributed by atoms with Crippen molar-refractivity contribution in [2.24, 2.45) is 5.92 Å². The molecule has 1 aliphatic carbocycles. The van der Waals surface area contributed by atoms with Crippen LogP contribution >= 0.6 is 23.7 Å². The summed E-state index contributed by atoms with van der Waals surface area (Å²) in [5.74, 6) is 0.969. The highest BCUT2D eigenvalue weighted by atomic mass is 35.5. The lowest BCUT2D eigenvalue weighted by atomic mass is 9.93. The Morgan fingerprint density at radius 2 is 2.14 bits per heavy atom. The van der Waals surface area contributed by atoms with Crippen molar-refractivity contribution in [3.8, 4) is 0 Å². The van der Waals surface area contributed by atoms with Gasteiger partial charge in [0.15, 0.2) is 0 Å². The molecule has 0 radical (unpaired) electrons. The Morgan fingerprint density at radius 3 is 3.00 bits per heavy atom. The van der Waals surface area contributed by atoms with E-state index in [1.54, 1.807) is 11.3 Å². The minimum absolute atomic E-state index is 0. The van der Waals surface area contributed by atoms with Crippen LogP contribution < -0.4 is 5.32 Å². The van der Waals surface area contributed by atoms with Crippen molar-refractivity contribution in [1.29, 1.82) is 0 Å². The molecule has 0 spiro atoms. The van der Waals surface area contributed by atoms with Gasteiger partial charge in [0.2, 0.25) is 0 Å². The molecule has 0 aromatic carbocycles. The quantitative estimate of drug-likeness (QED) is 0.860. The molecule has 2 saturated heterocycles. The number of hydrogen-bond donors (Lipinski definition) is 1. The number of rotatable bonds is 1. The van der Waals surface area contributed by atoms with Crippen molar-refractivity contribution in [3.63, 3.8) is 0 Å². The maximum Gasteiger partial charge on any atom is 0.263 e. The molecule has 3 heterocycles. The van der Waals surface area contributed by atoms with Crippen molar-refractivity contribution in [1.82, 2.24) is 10.2 Å². The van der Waals surface area contributed by atoms with Gasteiger partial charge in [0.25, 0.3) is 5.91 Å². The molecule has 3 nitrogen and oxygen atoms in total. The Bertz CT molecular complexity index is 507. The summed E-state index contributed by atoms with van der Waals surface area (Å²) in [6.45, 7) is 3.01. The van der Waals surface area contributed by atoms with Gasteiger partial charge in [-0.15, -0.1) is 23.7 Å². The molecule has 2 atom stereocenters. The lowest BCUT2D eigenvalue weighted by Gasteiger charge is -2.34. The molecule has 2 unspecified atom stereocenters. The third-order valence-corrected chi connectivity index (χ3v) is 6.38. The fourth-order valence-electron chi connectivity index (χ4n) is 3.98. The average molecular weight is 327 g/mol. The van der Waals surface area contributed by atoms with E-state index in [-0.39, 0.29) is 18.3 Å². The smallest absolute Gasteiger partial charge is 0.263 e. The number of thiophene rings is 1. The van der Waals surface area contributed by atoms with Gasteiger partial charge in [-0.3, -0.25) is 4.79 Å². The number of nitrogens with one attached hydrogen (secondary N) is 1. The topological polar surface area (TPSA) is 32.3 Å². The maximum absolute atomic E-state index is 12.7. The van der Waals surface area contributed by atoms with Crippen LogP contribution in [0.25, 0.3) is 0 Å². The summed E-state index contributed by atoms with van der Waals surface area (Å²) in [6, 6.07) is 2.84. The minimum atomic E-state index is 0. The number of fused-ring (bicyclic) bond motifs is 2. The molecule has 2 fully saturated rings. The Hall–Kier alpha value is -0.580. The lowest BCUT2D eigenvalue weighted by molar-refractivity contribution is 0.0667. The van der Waals surface area contributed by atoms with Crippen LogP contribution in [0.2, 0.25) is 0 Å². The fraction of sp³-hybridized carbons (Fsp3) is 0.688. The number of carbonyl (C=O) groups excluding carboxylic acids is 1. The highest BCUT2D eigenvalue weighted by Crippen LogP contribution is 2.32. The van der Waals surface area contributed by atoms with E-state index in [2.05, 4.69) is 16.3 Å². The van der Waals surface area contributed by atoms with Gasteiger partial charge in [-0.1, -0.05) is 0 Å². The first kappa shape index (κ1) is 15.3. The zero-order chi connectivity index (χ0) is 13.5. The van der Waals surface area contributed by atoms with E-state index >= 15 is 0 Å². The summed E-state index contributed by atoms with van der Waals surface area (Å²) in [6.07, 6.45) is 7.29. The molecule has 5 heteroatoms. The van der Waals surface area contributed by atoms with Crippen LogP contribution in [0, 0.1) is 5.92 Å². The second-order valence-electron chi connectivity index (χ2n) is 6.42. The summed E-state index contributed by atoms with van der Waals surface area (Å²) in [7, 11) is 0. The van der Waals surface area contributed by atoms with Gasteiger partial charge in [-0.05, 0) is 62.6 Å². The van der Waals surface area contributed by atoms with Gasteiger partial charge in [-0.25, -0.2) is 0 Å². The zero-order valence-corrected chi connectivity index (χ0v) is 13.9. The molecular weight excluding hydrogens is 304 g/mol. The molecular formula is C16H23ClN2OS. The van der Waals surface area contributed by atoms with Gasteiger partial charge in [0, 0.05) is 24.0 Å². The Morgan fingerprint density at radius 1 is 1.29 bits per heavy atom. The molecule has 116 valence electrons. The molecule has 0 saturated carbocycles. The Labute approximate surface area is 136 Å². The molecule has 0 bridgehead atoms. The van der Waals surface area contributed by atoms with Gasteiger partial charge >= 0.3 is 0 Å². The molecule has 21 heavy (non-hydrogen) atoms. The van der Waals surface area contributed by atoms with Crippen LogP contribution in [0.1, 0.15) is 45.8 Å². The predicted octanol–water partition coefficient (Wildman–Crippen LogP) is 2.87. The molecule has 3 aliphatic rings. The highest BCUT2D eigenvalue weighted by molar-refractivity contribution is 7.14. The first-order valence-electron chi connectivity index (χ1n) is 7.95. The largest absolute Gasteiger partial charge is 0.338 e. The highest BCUT2D eigenvalue weighted by Gasteiger charge is 2.35. The van der Waals surface area contributed by atoms with E-state index in [9.17, 15) is 4.79 Å². The molecule has 2 aliphatic heterocycles. The number of aryl methyl sites for hydroxylation is 2. The number of nitrogens with zero attached hydrogens (tertiary/aromatic N) is 1. The number of likely N-dealkylation sites (tertiary alicyclic amines) is 1. The van der Waals surface area contributed by atoms with Crippen molar-refractivity contribution in [2.75, 3.05) is 19.6 Å². The Balaban J connectivity index is 0.00000132. The number of piperidine rings is 1. The van der Waals surface area contributed by atoms with Gasteiger partial charge in [0.05, 0.1) is 4.88 Å². The molecule has 1 aromatic rings. The van der Waals surface area contributed by atoms with Crippen molar-refractivity contribution in [2.45, 2.75) is 44.6 Å². The molecule has 1 amide bonds. The first-order chi connectivity index (χ1) is 9.81. The van der Waals surface area contributed by atoms with Gasteiger partial charge in [0.1, 0.15) is 0 Å². The maximum atomic E-state index is 12.7. The van der Waals surface area contributed by atoms with Crippen LogP contribution in [0.3, 0.4) is 0 Å². The first-order valence-corrected chi connectivity index (χ1v) is 8.77. The van der Waals surface area contributed by atoms with E-state index in [0.717, 1.165) is 30.9 Å². The minimum Gasteiger partial charge on any atom is -0.338 e. The lowest BCUT2D eigenvalue weighted by Crippen LogP contribution is -2.46. The van der Waals surface area contributed by atoms with Crippen molar-refractivity contribution in [3.05, 3.63) is 21.4 Å². The third kappa shape index (κ3) is 2.86. The van der Waals surface area contributed by atoms with Crippen LogP contribution in [-0.2, 0) is 12.8 Å². The van der Waals surface area contributed by atoms with E-state index in [4.69, 9.17) is 0 Å². The van der Waals surface area contributed by atoms with Gasteiger partial charge < -0.3 is 10.2 Å². The molecule has 1 aromatic heterocycles.